The van der Waals surface area contributed by atoms with Crippen LogP contribution in [0.1, 0.15) is 32.1 Å². The van der Waals surface area contributed by atoms with Crippen LogP contribution in [0, 0.1) is 5.82 Å². The second-order valence-electron chi connectivity index (χ2n) is 5.44. The second-order valence-corrected chi connectivity index (χ2v) is 5.44. The second kappa shape index (κ2) is 6.76. The van der Waals surface area contributed by atoms with Gasteiger partial charge in [0.2, 0.25) is 0 Å². The quantitative estimate of drug-likeness (QED) is 0.800. The lowest BCUT2D eigenvalue weighted by atomic mass is 9.85. The molecule has 1 aromatic carbocycles. The van der Waals surface area contributed by atoms with Crippen LogP contribution in [0.5, 0.6) is 5.75 Å². The number of methoxy groups -OCH3 is 1. The number of rotatable bonds is 4. The van der Waals surface area contributed by atoms with Crippen LogP contribution in [-0.2, 0) is 0 Å². The molecule has 1 aliphatic rings. The molecule has 3 N–H and O–H groups in total. The fourth-order valence-electron chi connectivity index (χ4n) is 2.53. The van der Waals surface area contributed by atoms with Gasteiger partial charge >= 0.3 is 6.03 Å². The van der Waals surface area contributed by atoms with Gasteiger partial charge in [-0.15, -0.1) is 0 Å². The maximum absolute atomic E-state index is 13.6. The van der Waals surface area contributed by atoms with Crippen LogP contribution in [0.3, 0.4) is 0 Å². The van der Waals surface area contributed by atoms with Crippen LogP contribution < -0.4 is 15.4 Å². The van der Waals surface area contributed by atoms with E-state index in [-0.39, 0.29) is 12.2 Å². The summed E-state index contributed by atoms with van der Waals surface area (Å²) in [6, 6.07) is 3.57. The Hall–Kier alpha value is -1.82. The first-order valence-corrected chi connectivity index (χ1v) is 7.13. The van der Waals surface area contributed by atoms with Gasteiger partial charge in [-0.2, -0.15) is 0 Å². The molecule has 0 heterocycles. The molecule has 1 aromatic rings. The third kappa shape index (κ3) is 4.32. The van der Waals surface area contributed by atoms with Crippen LogP contribution in [0.4, 0.5) is 14.9 Å². The molecule has 0 unspecified atom stereocenters. The normalized spacial score (nSPS) is 17.1. The van der Waals surface area contributed by atoms with E-state index in [0.29, 0.717) is 18.6 Å². The molecule has 1 saturated carbocycles. The van der Waals surface area contributed by atoms with Crippen LogP contribution in [0.2, 0.25) is 0 Å². The molecule has 0 atom stereocenters. The van der Waals surface area contributed by atoms with E-state index in [1.165, 1.54) is 25.3 Å². The van der Waals surface area contributed by atoms with Crippen LogP contribution in [-0.4, -0.2) is 30.4 Å². The average Bonchev–Trinajstić information content (AvgIpc) is 2.48. The zero-order valence-corrected chi connectivity index (χ0v) is 12.1. The van der Waals surface area contributed by atoms with Crippen molar-refractivity contribution in [2.45, 2.75) is 37.7 Å². The summed E-state index contributed by atoms with van der Waals surface area (Å²) in [7, 11) is 1.47. The monoisotopic (exact) mass is 296 g/mol. The fraction of sp³-hybridized carbons (Fsp3) is 0.533. The molecule has 21 heavy (non-hydrogen) atoms. The number of anilines is 1. The van der Waals surface area contributed by atoms with Crippen LogP contribution in [0.25, 0.3) is 0 Å². The Kier molecular flexibility index (Phi) is 5.01. The number of nitrogens with one attached hydrogen (secondary N) is 2. The highest BCUT2D eigenvalue weighted by molar-refractivity contribution is 5.89. The van der Waals surface area contributed by atoms with E-state index in [2.05, 4.69) is 10.6 Å². The summed E-state index contributed by atoms with van der Waals surface area (Å²) in [6.07, 6.45) is 4.40. The molecule has 0 radical (unpaired) electrons. The van der Waals surface area contributed by atoms with Gasteiger partial charge in [-0.3, -0.25) is 0 Å². The number of hydrogen-bond acceptors (Lipinski definition) is 3. The standard InChI is InChI=1S/C15H21FN2O3/c1-21-11-5-6-12(16)13(9-11)18-14(19)17-10-15(20)7-3-2-4-8-15/h5-6,9,20H,2-4,7-8,10H2,1H3,(H2,17,18,19). The lowest BCUT2D eigenvalue weighted by Gasteiger charge is -2.32. The van der Waals surface area contributed by atoms with E-state index >= 15 is 0 Å². The third-order valence-corrected chi connectivity index (χ3v) is 3.78. The van der Waals surface area contributed by atoms with Crippen molar-refractivity contribution < 1.29 is 19.0 Å². The molecule has 1 aliphatic carbocycles. The lowest BCUT2D eigenvalue weighted by molar-refractivity contribution is 0.00755. The van der Waals surface area contributed by atoms with Gasteiger partial charge in [0.05, 0.1) is 18.4 Å². The number of benzene rings is 1. The van der Waals surface area contributed by atoms with Crippen molar-refractivity contribution in [1.82, 2.24) is 5.32 Å². The van der Waals surface area contributed by atoms with E-state index < -0.39 is 17.4 Å². The summed E-state index contributed by atoms with van der Waals surface area (Å²) in [6.45, 7) is 0.171. The number of ether oxygens (including phenoxy) is 1. The molecule has 6 heteroatoms. The molecule has 0 spiro atoms. The Morgan fingerprint density at radius 1 is 1.38 bits per heavy atom. The number of amides is 2. The summed E-state index contributed by atoms with van der Waals surface area (Å²) >= 11 is 0. The highest BCUT2D eigenvalue weighted by Crippen LogP contribution is 2.27. The summed E-state index contributed by atoms with van der Waals surface area (Å²) in [5.74, 6) is -0.0834. The van der Waals surface area contributed by atoms with Gasteiger partial charge in [0.15, 0.2) is 0 Å². The SMILES string of the molecule is COc1ccc(F)c(NC(=O)NCC2(O)CCCCC2)c1. The maximum Gasteiger partial charge on any atom is 0.319 e. The number of halogens is 1. The minimum absolute atomic E-state index is 0.0440. The molecule has 0 saturated heterocycles. The van der Waals surface area contributed by atoms with Crippen molar-refractivity contribution in [2.75, 3.05) is 19.0 Å². The highest BCUT2D eigenvalue weighted by Gasteiger charge is 2.29. The largest absolute Gasteiger partial charge is 0.497 e. The molecular formula is C15H21FN2O3. The fourth-order valence-corrected chi connectivity index (χ4v) is 2.53. The first-order valence-electron chi connectivity index (χ1n) is 7.13. The molecule has 0 aliphatic heterocycles. The van der Waals surface area contributed by atoms with E-state index in [1.807, 2.05) is 0 Å². The summed E-state index contributed by atoms with van der Waals surface area (Å²) in [4.78, 5) is 11.8. The predicted molar refractivity (Wildman–Crippen MR) is 78.0 cm³/mol. The van der Waals surface area contributed by atoms with Crippen molar-refractivity contribution in [3.63, 3.8) is 0 Å². The first-order chi connectivity index (χ1) is 10.0. The van der Waals surface area contributed by atoms with Crippen LogP contribution in [0.15, 0.2) is 18.2 Å². The van der Waals surface area contributed by atoms with Gasteiger partial charge in [0.1, 0.15) is 11.6 Å². The molecule has 5 nitrogen and oxygen atoms in total. The van der Waals surface area contributed by atoms with Crippen molar-refractivity contribution in [3.8, 4) is 5.75 Å². The van der Waals surface area contributed by atoms with E-state index in [4.69, 9.17) is 4.74 Å². The molecular weight excluding hydrogens is 275 g/mol. The van der Waals surface area contributed by atoms with Crippen molar-refractivity contribution >= 4 is 11.7 Å². The number of aliphatic hydroxyl groups is 1. The van der Waals surface area contributed by atoms with Crippen molar-refractivity contribution in [3.05, 3.63) is 24.0 Å². The molecule has 1 fully saturated rings. The van der Waals surface area contributed by atoms with Gasteiger partial charge in [-0.25, -0.2) is 9.18 Å². The summed E-state index contributed by atoms with van der Waals surface area (Å²) in [5.41, 5.74) is -0.801. The van der Waals surface area contributed by atoms with E-state index in [9.17, 15) is 14.3 Å². The van der Waals surface area contributed by atoms with Gasteiger partial charge in [0, 0.05) is 12.6 Å². The van der Waals surface area contributed by atoms with E-state index in [1.54, 1.807) is 0 Å². The minimum atomic E-state index is -0.845. The van der Waals surface area contributed by atoms with Gasteiger partial charge in [-0.05, 0) is 25.0 Å². The van der Waals surface area contributed by atoms with Crippen LogP contribution >= 0.6 is 0 Å². The zero-order valence-electron chi connectivity index (χ0n) is 12.1. The van der Waals surface area contributed by atoms with Gasteiger partial charge < -0.3 is 20.5 Å². The number of urea groups is 1. The minimum Gasteiger partial charge on any atom is -0.497 e. The third-order valence-electron chi connectivity index (χ3n) is 3.78. The Morgan fingerprint density at radius 2 is 2.10 bits per heavy atom. The van der Waals surface area contributed by atoms with Crippen molar-refractivity contribution in [1.29, 1.82) is 0 Å². The number of carbonyl (C=O) groups is 1. The van der Waals surface area contributed by atoms with Gasteiger partial charge in [0.25, 0.3) is 0 Å². The van der Waals surface area contributed by atoms with Crippen molar-refractivity contribution in [2.24, 2.45) is 0 Å². The Morgan fingerprint density at radius 3 is 2.76 bits per heavy atom. The molecule has 2 amide bonds. The average molecular weight is 296 g/mol. The Bertz CT molecular complexity index is 502. The Balaban J connectivity index is 1.89. The molecule has 0 aromatic heterocycles. The maximum atomic E-state index is 13.6. The zero-order chi connectivity index (χ0) is 15.3. The lowest BCUT2D eigenvalue weighted by Crippen LogP contribution is -2.45. The van der Waals surface area contributed by atoms with Gasteiger partial charge in [-0.1, -0.05) is 19.3 Å². The summed E-state index contributed by atoms with van der Waals surface area (Å²) in [5, 5.41) is 15.3. The summed E-state index contributed by atoms with van der Waals surface area (Å²) < 4.78 is 18.6. The molecule has 116 valence electrons. The van der Waals surface area contributed by atoms with E-state index in [0.717, 1.165) is 19.3 Å². The first kappa shape index (κ1) is 15.6. The predicted octanol–water partition coefficient (Wildman–Crippen LogP) is 2.65. The Labute approximate surface area is 123 Å². The smallest absolute Gasteiger partial charge is 0.319 e. The topological polar surface area (TPSA) is 70.6 Å². The molecule has 2 rings (SSSR count). The number of carbonyl (C=O) groups excluding carboxylic acids is 1. The number of hydrogen-bond donors (Lipinski definition) is 3. The molecule has 0 bridgehead atoms. The highest BCUT2D eigenvalue weighted by atomic mass is 19.1.